The molecule has 0 saturated heterocycles. The third-order valence-electron chi connectivity index (χ3n) is 2.07. The lowest BCUT2D eigenvalue weighted by atomic mass is 10.1. The van der Waals surface area contributed by atoms with E-state index in [-0.39, 0.29) is 18.5 Å². The van der Waals surface area contributed by atoms with E-state index < -0.39 is 0 Å². The summed E-state index contributed by atoms with van der Waals surface area (Å²) in [6.45, 7) is 3.58. The maximum absolute atomic E-state index is 11.6. The van der Waals surface area contributed by atoms with Gasteiger partial charge in [-0.25, -0.2) is 0 Å². The molecule has 0 N–H and O–H groups in total. The van der Waals surface area contributed by atoms with Crippen molar-refractivity contribution in [3.8, 4) is 0 Å². The number of ether oxygens (including phenoxy) is 1. The molecule has 0 heterocycles. The van der Waals surface area contributed by atoms with Gasteiger partial charge in [-0.3, -0.25) is 4.79 Å². The first kappa shape index (κ1) is 14.5. The molecular weight excluding hydrogens is 254 g/mol. The van der Waals surface area contributed by atoms with Crippen molar-refractivity contribution in [1.82, 2.24) is 0 Å². The van der Waals surface area contributed by atoms with Gasteiger partial charge in [0.05, 0.1) is 18.2 Å². The van der Waals surface area contributed by atoms with Crippen LogP contribution in [0.25, 0.3) is 0 Å². The van der Waals surface area contributed by atoms with E-state index in [0.717, 1.165) is 0 Å². The van der Waals surface area contributed by atoms with Crippen LogP contribution >= 0.6 is 11.6 Å². The topological polar surface area (TPSA) is 47.9 Å². The van der Waals surface area contributed by atoms with Crippen molar-refractivity contribution in [3.05, 3.63) is 34.9 Å². The summed E-state index contributed by atoms with van der Waals surface area (Å²) in [6.07, 6.45) is -0.136. The van der Waals surface area contributed by atoms with Crippen molar-refractivity contribution < 1.29 is 14.4 Å². The first-order valence-corrected chi connectivity index (χ1v) is 5.96. The summed E-state index contributed by atoms with van der Waals surface area (Å²) in [7, 11) is 1.42. The van der Waals surface area contributed by atoms with Gasteiger partial charge < -0.3 is 9.57 Å². The molecule has 0 saturated carbocycles. The molecule has 4 nitrogen and oxygen atoms in total. The van der Waals surface area contributed by atoms with Crippen molar-refractivity contribution in [1.29, 1.82) is 0 Å². The van der Waals surface area contributed by atoms with Crippen molar-refractivity contribution >= 4 is 23.3 Å². The summed E-state index contributed by atoms with van der Waals surface area (Å²) in [4.78, 5) is 16.4. The lowest BCUT2D eigenvalue weighted by molar-refractivity contribution is -0.145. The Morgan fingerprint density at radius 1 is 1.39 bits per heavy atom. The normalized spacial score (nSPS) is 11.5. The lowest BCUT2D eigenvalue weighted by Crippen LogP contribution is -2.16. The summed E-state index contributed by atoms with van der Waals surface area (Å²) in [6, 6.07) is 7.14. The molecule has 1 aromatic rings. The van der Waals surface area contributed by atoms with E-state index in [1.165, 1.54) is 7.11 Å². The van der Waals surface area contributed by atoms with Crippen LogP contribution in [0.3, 0.4) is 0 Å². The van der Waals surface area contributed by atoms with Crippen molar-refractivity contribution in [2.75, 3.05) is 7.11 Å². The molecule has 0 amide bonds. The number of hydrogen-bond donors (Lipinski definition) is 0. The molecule has 0 aliphatic heterocycles. The SMILES string of the molecule is CON=C(CC(=O)OC(C)C)c1ccccc1Cl. The molecule has 0 bridgehead atoms. The van der Waals surface area contributed by atoms with Crippen molar-refractivity contribution in [2.24, 2.45) is 5.16 Å². The second-order valence-electron chi connectivity index (χ2n) is 3.92. The van der Waals surface area contributed by atoms with Gasteiger partial charge in [-0.2, -0.15) is 0 Å². The number of carbonyl (C=O) groups is 1. The zero-order valence-electron chi connectivity index (χ0n) is 10.6. The molecule has 1 rings (SSSR count). The summed E-state index contributed by atoms with van der Waals surface area (Å²) < 4.78 is 5.07. The highest BCUT2D eigenvalue weighted by Gasteiger charge is 2.15. The Morgan fingerprint density at radius 2 is 2.06 bits per heavy atom. The maximum Gasteiger partial charge on any atom is 0.312 e. The van der Waals surface area contributed by atoms with Crippen LogP contribution in [-0.4, -0.2) is 24.9 Å². The van der Waals surface area contributed by atoms with E-state index in [4.69, 9.17) is 21.2 Å². The highest BCUT2D eigenvalue weighted by Crippen LogP contribution is 2.18. The molecule has 0 aliphatic rings. The predicted octanol–water partition coefficient (Wildman–Crippen LogP) is 3.03. The fourth-order valence-electron chi connectivity index (χ4n) is 1.42. The fourth-order valence-corrected chi connectivity index (χ4v) is 1.67. The highest BCUT2D eigenvalue weighted by molar-refractivity contribution is 6.34. The van der Waals surface area contributed by atoms with Crippen LogP contribution in [0.1, 0.15) is 25.8 Å². The van der Waals surface area contributed by atoms with Gasteiger partial charge >= 0.3 is 5.97 Å². The number of nitrogens with zero attached hydrogens (tertiary/aromatic N) is 1. The average Bonchev–Trinajstić information content (AvgIpc) is 2.28. The number of rotatable bonds is 5. The van der Waals surface area contributed by atoms with E-state index in [0.29, 0.717) is 16.3 Å². The largest absolute Gasteiger partial charge is 0.463 e. The number of hydrogen-bond acceptors (Lipinski definition) is 4. The Labute approximate surface area is 112 Å². The van der Waals surface area contributed by atoms with E-state index in [9.17, 15) is 4.79 Å². The van der Waals surface area contributed by atoms with Crippen LogP contribution in [0, 0.1) is 0 Å². The standard InChI is InChI=1S/C13H16ClNO3/c1-9(2)18-13(16)8-12(15-17-3)10-6-4-5-7-11(10)14/h4-7,9H,8H2,1-3H3. The second-order valence-corrected chi connectivity index (χ2v) is 4.32. The number of oxime groups is 1. The number of halogens is 1. The van der Waals surface area contributed by atoms with Crippen LogP contribution in [0.4, 0.5) is 0 Å². The third-order valence-corrected chi connectivity index (χ3v) is 2.39. The number of esters is 1. The van der Waals surface area contributed by atoms with Gasteiger partial charge in [0.25, 0.3) is 0 Å². The molecule has 5 heteroatoms. The maximum atomic E-state index is 11.6. The number of carbonyl (C=O) groups excluding carboxylic acids is 1. The van der Waals surface area contributed by atoms with Gasteiger partial charge in [-0.05, 0) is 19.9 Å². The fraction of sp³-hybridized carbons (Fsp3) is 0.385. The minimum Gasteiger partial charge on any atom is -0.463 e. The Morgan fingerprint density at radius 3 is 2.61 bits per heavy atom. The summed E-state index contributed by atoms with van der Waals surface area (Å²) in [5.41, 5.74) is 1.12. The summed E-state index contributed by atoms with van der Waals surface area (Å²) >= 11 is 6.06. The van der Waals surface area contributed by atoms with Gasteiger partial charge in [-0.15, -0.1) is 0 Å². The van der Waals surface area contributed by atoms with Crippen LogP contribution in [0.5, 0.6) is 0 Å². The van der Waals surface area contributed by atoms with E-state index >= 15 is 0 Å². The Bertz CT molecular complexity index is 444. The van der Waals surface area contributed by atoms with E-state index in [1.54, 1.807) is 26.0 Å². The first-order chi connectivity index (χ1) is 8.54. The smallest absolute Gasteiger partial charge is 0.312 e. The summed E-state index contributed by atoms with van der Waals surface area (Å²) in [5.74, 6) is -0.360. The monoisotopic (exact) mass is 269 g/mol. The minimum absolute atomic E-state index is 0.0236. The third kappa shape index (κ3) is 4.37. The highest BCUT2D eigenvalue weighted by atomic mass is 35.5. The minimum atomic E-state index is -0.360. The molecule has 0 aliphatic carbocycles. The molecule has 0 radical (unpaired) electrons. The molecule has 1 aromatic carbocycles. The molecule has 0 aromatic heterocycles. The van der Waals surface area contributed by atoms with E-state index in [2.05, 4.69) is 5.16 Å². The molecule has 18 heavy (non-hydrogen) atoms. The lowest BCUT2D eigenvalue weighted by Gasteiger charge is -2.10. The average molecular weight is 270 g/mol. The summed E-state index contributed by atoms with van der Waals surface area (Å²) in [5, 5.41) is 4.35. The molecule has 0 spiro atoms. The Hall–Kier alpha value is -1.55. The van der Waals surface area contributed by atoms with Crippen molar-refractivity contribution in [3.63, 3.8) is 0 Å². The molecule has 0 atom stereocenters. The van der Waals surface area contributed by atoms with Gasteiger partial charge in [0, 0.05) is 10.6 Å². The number of benzene rings is 1. The van der Waals surface area contributed by atoms with Gasteiger partial charge in [0.2, 0.25) is 0 Å². The van der Waals surface area contributed by atoms with Crippen LogP contribution in [-0.2, 0) is 14.4 Å². The zero-order chi connectivity index (χ0) is 13.5. The van der Waals surface area contributed by atoms with Crippen LogP contribution < -0.4 is 0 Å². The van der Waals surface area contributed by atoms with Crippen LogP contribution in [0.2, 0.25) is 5.02 Å². The van der Waals surface area contributed by atoms with Crippen molar-refractivity contribution in [2.45, 2.75) is 26.4 Å². The second kappa shape index (κ2) is 7.01. The predicted molar refractivity (Wildman–Crippen MR) is 70.8 cm³/mol. The molecule has 98 valence electrons. The molecule has 0 unspecified atom stereocenters. The van der Waals surface area contributed by atoms with Gasteiger partial charge in [0.15, 0.2) is 0 Å². The Balaban J connectivity index is 2.88. The quantitative estimate of drug-likeness (QED) is 0.469. The van der Waals surface area contributed by atoms with E-state index in [1.807, 2.05) is 12.1 Å². The molecular formula is C13H16ClNO3. The molecule has 0 fully saturated rings. The van der Waals surface area contributed by atoms with Gasteiger partial charge in [0.1, 0.15) is 7.11 Å². The Kier molecular flexibility index (Phi) is 5.65. The zero-order valence-corrected chi connectivity index (χ0v) is 11.4. The first-order valence-electron chi connectivity index (χ1n) is 5.59. The van der Waals surface area contributed by atoms with Gasteiger partial charge in [-0.1, -0.05) is 35.0 Å². The van der Waals surface area contributed by atoms with Crippen LogP contribution in [0.15, 0.2) is 29.4 Å².